The van der Waals surface area contributed by atoms with E-state index >= 15 is 0 Å². The van der Waals surface area contributed by atoms with E-state index < -0.39 is 0 Å². The minimum atomic E-state index is -0.0366. The fraction of sp³-hybridized carbons (Fsp3) is 0.167. The van der Waals surface area contributed by atoms with Crippen molar-refractivity contribution in [1.29, 1.82) is 0 Å². The summed E-state index contributed by atoms with van der Waals surface area (Å²) in [4.78, 5) is 13.4. The highest BCUT2D eigenvalue weighted by atomic mass is 32.2. The molecule has 3 rings (SSSR count). The number of benzene rings is 3. The van der Waals surface area contributed by atoms with Crippen LogP contribution < -0.4 is 20.7 Å². The molecule has 3 aromatic rings. The fourth-order valence-corrected chi connectivity index (χ4v) is 3.90. The molecule has 0 bridgehead atoms. The zero-order valence-corrected chi connectivity index (χ0v) is 19.3. The normalized spacial score (nSPS) is 10.3. The summed E-state index contributed by atoms with van der Waals surface area (Å²) in [5.74, 6) is 0.997. The Balaban J connectivity index is 1.55. The Morgan fingerprint density at radius 2 is 1.68 bits per heavy atom. The van der Waals surface area contributed by atoms with E-state index in [4.69, 9.17) is 17.0 Å². The second-order valence-corrected chi connectivity index (χ2v) is 8.35. The summed E-state index contributed by atoms with van der Waals surface area (Å²) in [6, 6.07) is 21.3. The molecule has 0 saturated heterocycles. The van der Waals surface area contributed by atoms with Gasteiger partial charge in [0.15, 0.2) is 5.11 Å². The van der Waals surface area contributed by atoms with Crippen molar-refractivity contribution < 1.29 is 9.53 Å². The predicted octanol–water partition coefficient (Wildman–Crippen LogP) is 5.85. The topological polar surface area (TPSA) is 62.4 Å². The third kappa shape index (κ3) is 6.47. The highest BCUT2D eigenvalue weighted by Gasteiger charge is 2.08. The van der Waals surface area contributed by atoms with Gasteiger partial charge in [0.25, 0.3) is 0 Å². The first kappa shape index (κ1) is 22.7. The molecule has 0 fully saturated rings. The van der Waals surface area contributed by atoms with E-state index in [0.29, 0.717) is 16.6 Å². The lowest BCUT2D eigenvalue weighted by atomic mass is 10.1. The van der Waals surface area contributed by atoms with Crippen LogP contribution in [0.5, 0.6) is 5.75 Å². The van der Waals surface area contributed by atoms with E-state index in [1.54, 1.807) is 7.11 Å². The van der Waals surface area contributed by atoms with Crippen molar-refractivity contribution in [2.24, 2.45) is 0 Å². The molecule has 0 aliphatic carbocycles. The molecule has 0 radical (unpaired) electrons. The van der Waals surface area contributed by atoms with Crippen molar-refractivity contribution >= 4 is 52.1 Å². The Labute approximate surface area is 192 Å². The number of carbonyl (C=O) groups excluding carboxylic acids is 1. The first-order valence-electron chi connectivity index (χ1n) is 9.76. The third-order valence-corrected chi connectivity index (χ3v) is 5.89. The second kappa shape index (κ2) is 10.8. The maximum Gasteiger partial charge on any atom is 0.234 e. The van der Waals surface area contributed by atoms with Gasteiger partial charge in [0, 0.05) is 16.3 Å². The number of nitrogens with one attached hydrogen (secondary N) is 3. The zero-order valence-electron chi connectivity index (χ0n) is 17.7. The van der Waals surface area contributed by atoms with Gasteiger partial charge in [0.05, 0.1) is 18.6 Å². The monoisotopic (exact) mass is 451 g/mol. The Kier molecular flexibility index (Phi) is 7.92. The number of carbonyl (C=O) groups is 1. The number of rotatable bonds is 7. The quantitative estimate of drug-likeness (QED) is 0.309. The molecule has 0 spiro atoms. The highest BCUT2D eigenvalue weighted by Crippen LogP contribution is 2.25. The van der Waals surface area contributed by atoms with Gasteiger partial charge in [-0.1, -0.05) is 30.3 Å². The van der Waals surface area contributed by atoms with Crippen molar-refractivity contribution in [2.45, 2.75) is 18.7 Å². The van der Waals surface area contributed by atoms with Gasteiger partial charge in [-0.05, 0) is 73.6 Å². The molecule has 0 heterocycles. The van der Waals surface area contributed by atoms with Crippen molar-refractivity contribution in [3.63, 3.8) is 0 Å². The number of methoxy groups -OCH3 is 1. The Morgan fingerprint density at radius 3 is 2.48 bits per heavy atom. The summed E-state index contributed by atoms with van der Waals surface area (Å²) in [6.07, 6.45) is 0. The van der Waals surface area contributed by atoms with Crippen LogP contribution in [0, 0.1) is 13.8 Å². The maximum absolute atomic E-state index is 12.4. The van der Waals surface area contributed by atoms with Crippen molar-refractivity contribution in [3.05, 3.63) is 77.9 Å². The number of thioether (sulfide) groups is 1. The minimum absolute atomic E-state index is 0.0366. The number of para-hydroxylation sites is 2. The van der Waals surface area contributed by atoms with Crippen molar-refractivity contribution in [3.8, 4) is 5.75 Å². The molecule has 1 amide bonds. The van der Waals surface area contributed by atoms with Gasteiger partial charge >= 0.3 is 0 Å². The van der Waals surface area contributed by atoms with E-state index in [1.807, 2.05) is 80.6 Å². The number of thiocarbonyl (C=S) groups is 1. The fourth-order valence-electron chi connectivity index (χ4n) is 2.92. The van der Waals surface area contributed by atoms with E-state index in [1.165, 1.54) is 11.8 Å². The molecule has 160 valence electrons. The van der Waals surface area contributed by atoms with Crippen LogP contribution in [0.1, 0.15) is 11.1 Å². The predicted molar refractivity (Wildman–Crippen MR) is 135 cm³/mol. The van der Waals surface area contributed by atoms with Gasteiger partial charge in [0.2, 0.25) is 5.91 Å². The molecule has 5 nitrogen and oxygen atoms in total. The lowest BCUT2D eigenvalue weighted by Gasteiger charge is -2.14. The minimum Gasteiger partial charge on any atom is -0.495 e. The molecular formula is C24H25N3O2S2. The SMILES string of the molecule is COc1ccccc1NC(=S)Nc1cccc(SCC(=O)Nc2cccc(C)c2C)c1. The van der Waals surface area contributed by atoms with Crippen LogP contribution >= 0.6 is 24.0 Å². The number of hydrogen-bond acceptors (Lipinski definition) is 4. The molecule has 0 aliphatic heterocycles. The molecule has 0 aromatic heterocycles. The molecule has 3 N–H and O–H groups in total. The molecule has 0 aliphatic rings. The van der Waals surface area contributed by atoms with Crippen LogP contribution in [0.4, 0.5) is 17.1 Å². The summed E-state index contributed by atoms with van der Waals surface area (Å²) in [5, 5.41) is 9.76. The standard InChI is InChI=1S/C24H25N3O2S2/c1-16-8-6-12-20(17(16)2)26-23(28)15-31-19-10-7-9-18(14-19)25-24(30)27-21-11-4-5-13-22(21)29-3/h4-14H,15H2,1-3H3,(H,26,28)(H2,25,27,30). The van der Waals surface area contributed by atoms with Gasteiger partial charge in [-0.25, -0.2) is 0 Å². The highest BCUT2D eigenvalue weighted by molar-refractivity contribution is 8.00. The van der Waals surface area contributed by atoms with Crippen molar-refractivity contribution in [1.82, 2.24) is 0 Å². The first-order chi connectivity index (χ1) is 15.0. The lowest BCUT2D eigenvalue weighted by Crippen LogP contribution is -2.19. The van der Waals surface area contributed by atoms with Crippen LogP contribution in [0.25, 0.3) is 0 Å². The van der Waals surface area contributed by atoms with Gasteiger partial charge < -0.3 is 20.7 Å². The maximum atomic E-state index is 12.4. The Bertz CT molecular complexity index is 1090. The van der Waals surface area contributed by atoms with Crippen LogP contribution in [0.3, 0.4) is 0 Å². The molecule has 3 aromatic carbocycles. The number of hydrogen-bond donors (Lipinski definition) is 3. The lowest BCUT2D eigenvalue weighted by molar-refractivity contribution is -0.113. The van der Waals surface area contributed by atoms with Crippen LogP contribution in [-0.4, -0.2) is 23.9 Å². The van der Waals surface area contributed by atoms with E-state index in [0.717, 1.165) is 33.1 Å². The largest absolute Gasteiger partial charge is 0.495 e. The van der Waals surface area contributed by atoms with Gasteiger partial charge in [0.1, 0.15) is 5.75 Å². The summed E-state index contributed by atoms with van der Waals surface area (Å²) in [6.45, 7) is 4.04. The number of anilines is 3. The summed E-state index contributed by atoms with van der Waals surface area (Å²) < 4.78 is 5.34. The second-order valence-electron chi connectivity index (χ2n) is 6.89. The number of aryl methyl sites for hydroxylation is 1. The average Bonchev–Trinajstić information content (AvgIpc) is 2.76. The van der Waals surface area contributed by atoms with E-state index in [-0.39, 0.29) is 5.91 Å². The van der Waals surface area contributed by atoms with Gasteiger partial charge in [-0.15, -0.1) is 11.8 Å². The van der Waals surface area contributed by atoms with Crippen LogP contribution in [-0.2, 0) is 4.79 Å². The molecule has 0 atom stereocenters. The molecular weight excluding hydrogens is 426 g/mol. The zero-order chi connectivity index (χ0) is 22.2. The van der Waals surface area contributed by atoms with Gasteiger partial charge in [-0.2, -0.15) is 0 Å². The molecule has 0 saturated carbocycles. The van der Waals surface area contributed by atoms with Crippen LogP contribution in [0.15, 0.2) is 71.6 Å². The van der Waals surface area contributed by atoms with Gasteiger partial charge in [-0.3, -0.25) is 4.79 Å². The Morgan fingerprint density at radius 1 is 0.935 bits per heavy atom. The Hall–Kier alpha value is -3.03. The summed E-state index contributed by atoms with van der Waals surface area (Å²) >= 11 is 6.90. The summed E-state index contributed by atoms with van der Waals surface area (Å²) in [7, 11) is 1.62. The smallest absolute Gasteiger partial charge is 0.234 e. The van der Waals surface area contributed by atoms with Crippen molar-refractivity contribution in [2.75, 3.05) is 28.8 Å². The van der Waals surface area contributed by atoms with E-state index in [9.17, 15) is 4.79 Å². The van der Waals surface area contributed by atoms with Crippen LogP contribution in [0.2, 0.25) is 0 Å². The molecule has 7 heteroatoms. The summed E-state index contributed by atoms with van der Waals surface area (Å²) in [5.41, 5.74) is 4.72. The first-order valence-corrected chi connectivity index (χ1v) is 11.2. The third-order valence-electron chi connectivity index (χ3n) is 4.70. The van der Waals surface area contributed by atoms with E-state index in [2.05, 4.69) is 16.0 Å². The molecule has 31 heavy (non-hydrogen) atoms. The number of amides is 1. The average molecular weight is 452 g/mol. The number of ether oxygens (including phenoxy) is 1. The molecule has 0 unspecified atom stereocenters.